The van der Waals surface area contributed by atoms with Crippen LogP contribution in [0.15, 0.2) is 24.3 Å². The van der Waals surface area contributed by atoms with Crippen molar-refractivity contribution in [1.29, 1.82) is 0 Å². The molecular weight excluding hydrogens is 244 g/mol. The van der Waals surface area contributed by atoms with Crippen molar-refractivity contribution in [3.05, 3.63) is 29.8 Å². The number of nitrogens with zero attached hydrogens (tertiary/aromatic N) is 1. The first-order valence-corrected chi connectivity index (χ1v) is 6.28. The van der Waals surface area contributed by atoms with E-state index in [-0.39, 0.29) is 5.91 Å². The van der Waals surface area contributed by atoms with E-state index in [0.29, 0.717) is 25.3 Å². The van der Waals surface area contributed by atoms with E-state index in [1.165, 1.54) is 0 Å². The van der Waals surface area contributed by atoms with Crippen LogP contribution in [0.2, 0.25) is 0 Å². The van der Waals surface area contributed by atoms with Gasteiger partial charge in [-0.05, 0) is 38.4 Å². The minimum absolute atomic E-state index is 0.100. The van der Waals surface area contributed by atoms with Crippen LogP contribution < -0.4 is 10.1 Å². The summed E-state index contributed by atoms with van der Waals surface area (Å²) in [7, 11) is 5.60. The first-order valence-electron chi connectivity index (χ1n) is 6.28. The molecule has 0 atom stereocenters. The molecule has 19 heavy (non-hydrogen) atoms. The van der Waals surface area contributed by atoms with Crippen molar-refractivity contribution >= 4 is 5.91 Å². The Kier molecular flexibility index (Phi) is 6.92. The monoisotopic (exact) mass is 266 g/mol. The summed E-state index contributed by atoms with van der Waals surface area (Å²) >= 11 is 0. The molecule has 0 saturated heterocycles. The smallest absolute Gasteiger partial charge is 0.251 e. The first-order chi connectivity index (χ1) is 9.13. The lowest BCUT2D eigenvalue weighted by Gasteiger charge is -2.11. The van der Waals surface area contributed by atoms with E-state index in [1.807, 2.05) is 14.1 Å². The van der Waals surface area contributed by atoms with E-state index in [2.05, 4.69) is 10.2 Å². The predicted molar refractivity (Wildman–Crippen MR) is 74.7 cm³/mol. The molecule has 0 aromatic heterocycles. The van der Waals surface area contributed by atoms with Gasteiger partial charge in [-0.2, -0.15) is 0 Å². The van der Waals surface area contributed by atoms with Crippen LogP contribution >= 0.6 is 0 Å². The van der Waals surface area contributed by atoms with Gasteiger partial charge in [0.15, 0.2) is 0 Å². The molecule has 0 spiro atoms. The number of benzene rings is 1. The van der Waals surface area contributed by atoms with E-state index in [9.17, 15) is 4.79 Å². The van der Waals surface area contributed by atoms with Gasteiger partial charge in [-0.3, -0.25) is 4.79 Å². The molecule has 0 aliphatic carbocycles. The summed E-state index contributed by atoms with van der Waals surface area (Å²) in [5.74, 6) is 0.673. The highest BCUT2D eigenvalue weighted by atomic mass is 16.5. The van der Waals surface area contributed by atoms with Gasteiger partial charge in [-0.1, -0.05) is 0 Å². The minimum atomic E-state index is -0.100. The van der Waals surface area contributed by atoms with Gasteiger partial charge < -0.3 is 19.7 Å². The third kappa shape index (κ3) is 6.22. The summed E-state index contributed by atoms with van der Waals surface area (Å²) in [6.45, 7) is 2.51. The van der Waals surface area contributed by atoms with E-state index in [0.717, 1.165) is 12.3 Å². The topological polar surface area (TPSA) is 50.8 Å². The largest absolute Gasteiger partial charge is 0.492 e. The van der Waals surface area contributed by atoms with Crippen molar-refractivity contribution in [2.45, 2.75) is 0 Å². The molecule has 0 aliphatic rings. The third-order valence-corrected chi connectivity index (χ3v) is 2.52. The van der Waals surface area contributed by atoms with Gasteiger partial charge in [0.2, 0.25) is 0 Å². The minimum Gasteiger partial charge on any atom is -0.492 e. The molecule has 0 radical (unpaired) electrons. The molecule has 0 saturated carbocycles. The number of nitrogens with one attached hydrogen (secondary N) is 1. The fraction of sp³-hybridized carbons (Fsp3) is 0.500. The molecule has 1 rings (SSSR count). The lowest BCUT2D eigenvalue weighted by molar-refractivity contribution is 0.0937. The highest BCUT2D eigenvalue weighted by molar-refractivity contribution is 5.94. The highest BCUT2D eigenvalue weighted by Gasteiger charge is 2.04. The zero-order valence-electron chi connectivity index (χ0n) is 11.8. The van der Waals surface area contributed by atoms with Crippen LogP contribution in [0.1, 0.15) is 10.4 Å². The van der Waals surface area contributed by atoms with Crippen molar-refractivity contribution in [2.24, 2.45) is 0 Å². The lowest BCUT2D eigenvalue weighted by Crippen LogP contribution is -2.26. The molecule has 0 unspecified atom stereocenters. The number of carbonyl (C=O) groups is 1. The second kappa shape index (κ2) is 8.50. The number of ether oxygens (including phenoxy) is 2. The molecule has 0 heterocycles. The zero-order chi connectivity index (χ0) is 14.1. The Hall–Kier alpha value is -1.59. The number of hydrogen-bond donors (Lipinski definition) is 1. The Labute approximate surface area is 114 Å². The van der Waals surface area contributed by atoms with E-state index < -0.39 is 0 Å². The SMILES string of the molecule is COCCNC(=O)c1ccc(OCCN(C)C)cc1. The van der Waals surface area contributed by atoms with Crippen LogP contribution in [0.5, 0.6) is 5.75 Å². The molecule has 5 heteroatoms. The molecule has 0 aliphatic heterocycles. The Balaban J connectivity index is 2.40. The van der Waals surface area contributed by atoms with Crippen LogP contribution in [0.25, 0.3) is 0 Å². The Morgan fingerprint density at radius 1 is 1.21 bits per heavy atom. The molecule has 5 nitrogen and oxygen atoms in total. The van der Waals surface area contributed by atoms with Crippen molar-refractivity contribution in [2.75, 3.05) is 47.5 Å². The first kappa shape index (κ1) is 15.5. The maximum absolute atomic E-state index is 11.7. The second-order valence-corrected chi connectivity index (χ2v) is 4.42. The van der Waals surface area contributed by atoms with Gasteiger partial charge in [-0.15, -0.1) is 0 Å². The molecule has 1 amide bonds. The zero-order valence-corrected chi connectivity index (χ0v) is 11.8. The van der Waals surface area contributed by atoms with Crippen molar-refractivity contribution in [3.63, 3.8) is 0 Å². The van der Waals surface area contributed by atoms with Crippen molar-refractivity contribution < 1.29 is 14.3 Å². The lowest BCUT2D eigenvalue weighted by atomic mass is 10.2. The maximum Gasteiger partial charge on any atom is 0.251 e. The highest BCUT2D eigenvalue weighted by Crippen LogP contribution is 2.12. The van der Waals surface area contributed by atoms with Crippen LogP contribution in [0.3, 0.4) is 0 Å². The van der Waals surface area contributed by atoms with Crippen LogP contribution in [0, 0.1) is 0 Å². The van der Waals surface area contributed by atoms with Gasteiger partial charge in [-0.25, -0.2) is 0 Å². The van der Waals surface area contributed by atoms with Gasteiger partial charge in [0, 0.05) is 25.8 Å². The fourth-order valence-electron chi connectivity index (χ4n) is 1.42. The standard InChI is InChI=1S/C14H22N2O3/c1-16(2)9-11-19-13-6-4-12(5-7-13)14(17)15-8-10-18-3/h4-7H,8-11H2,1-3H3,(H,15,17). The summed E-state index contributed by atoms with van der Waals surface area (Å²) in [6, 6.07) is 7.13. The number of rotatable bonds is 8. The van der Waals surface area contributed by atoms with Crippen LogP contribution in [-0.2, 0) is 4.74 Å². The summed E-state index contributed by atoms with van der Waals surface area (Å²) in [5, 5.41) is 2.77. The summed E-state index contributed by atoms with van der Waals surface area (Å²) in [6.07, 6.45) is 0. The van der Waals surface area contributed by atoms with Crippen molar-refractivity contribution in [1.82, 2.24) is 10.2 Å². The number of methoxy groups -OCH3 is 1. The number of amides is 1. The molecule has 1 N–H and O–H groups in total. The van der Waals surface area contributed by atoms with Crippen LogP contribution in [-0.4, -0.2) is 58.3 Å². The van der Waals surface area contributed by atoms with Gasteiger partial charge in [0.25, 0.3) is 5.91 Å². The number of hydrogen-bond acceptors (Lipinski definition) is 4. The summed E-state index contributed by atoms with van der Waals surface area (Å²) < 4.78 is 10.4. The molecule has 0 fully saturated rings. The normalized spacial score (nSPS) is 10.5. The maximum atomic E-state index is 11.7. The Morgan fingerprint density at radius 2 is 1.89 bits per heavy atom. The average molecular weight is 266 g/mol. The molecule has 1 aromatic carbocycles. The van der Waals surface area contributed by atoms with E-state index >= 15 is 0 Å². The van der Waals surface area contributed by atoms with E-state index in [4.69, 9.17) is 9.47 Å². The molecular formula is C14H22N2O3. The Bertz CT molecular complexity index is 377. The van der Waals surface area contributed by atoms with Gasteiger partial charge >= 0.3 is 0 Å². The Morgan fingerprint density at radius 3 is 2.47 bits per heavy atom. The number of likely N-dealkylation sites (N-methyl/N-ethyl adjacent to an activating group) is 1. The van der Waals surface area contributed by atoms with Crippen LogP contribution in [0.4, 0.5) is 0 Å². The predicted octanol–water partition coefficient (Wildman–Crippen LogP) is 1.00. The molecule has 106 valence electrons. The third-order valence-electron chi connectivity index (χ3n) is 2.52. The quantitative estimate of drug-likeness (QED) is 0.713. The second-order valence-electron chi connectivity index (χ2n) is 4.42. The molecule has 0 bridgehead atoms. The fourth-order valence-corrected chi connectivity index (χ4v) is 1.42. The van der Waals surface area contributed by atoms with Gasteiger partial charge in [0.1, 0.15) is 12.4 Å². The van der Waals surface area contributed by atoms with Gasteiger partial charge in [0.05, 0.1) is 6.61 Å². The summed E-state index contributed by atoms with van der Waals surface area (Å²) in [4.78, 5) is 13.8. The molecule has 1 aromatic rings. The van der Waals surface area contributed by atoms with E-state index in [1.54, 1.807) is 31.4 Å². The van der Waals surface area contributed by atoms with Crippen molar-refractivity contribution in [3.8, 4) is 5.75 Å². The summed E-state index contributed by atoms with van der Waals surface area (Å²) in [5.41, 5.74) is 0.621. The number of carbonyl (C=O) groups excluding carboxylic acids is 1. The average Bonchev–Trinajstić information content (AvgIpc) is 2.39.